The number of nitrogens with zero attached hydrogens (tertiary/aromatic N) is 2. The lowest BCUT2D eigenvalue weighted by atomic mass is 10.1. The smallest absolute Gasteiger partial charge is 0.264 e. The average Bonchev–Trinajstić information content (AvgIpc) is 3.47. The van der Waals surface area contributed by atoms with E-state index in [2.05, 4.69) is 5.32 Å². The summed E-state index contributed by atoms with van der Waals surface area (Å²) in [5.41, 5.74) is 1.62. The summed E-state index contributed by atoms with van der Waals surface area (Å²) in [6, 6.07) is 16.8. The van der Waals surface area contributed by atoms with E-state index >= 15 is 0 Å². The lowest BCUT2D eigenvalue weighted by Crippen LogP contribution is -2.53. The second-order valence-corrected chi connectivity index (χ2v) is 13.6. The van der Waals surface area contributed by atoms with E-state index < -0.39 is 28.5 Å². The number of aryl methyl sites for hydroxylation is 1. The lowest BCUT2D eigenvalue weighted by Gasteiger charge is -2.34. The van der Waals surface area contributed by atoms with Crippen molar-refractivity contribution in [3.8, 4) is 0 Å². The Bertz CT molecular complexity index is 1490. The molecule has 11 heteroatoms. The third-order valence-electron chi connectivity index (χ3n) is 7.48. The van der Waals surface area contributed by atoms with Gasteiger partial charge in [-0.15, -0.1) is 0 Å². The van der Waals surface area contributed by atoms with Crippen molar-refractivity contribution in [2.75, 3.05) is 10.8 Å². The zero-order chi connectivity index (χ0) is 30.4. The Morgan fingerprint density at radius 3 is 2.10 bits per heavy atom. The van der Waals surface area contributed by atoms with E-state index in [0.29, 0.717) is 27.1 Å². The number of hydrogen-bond donors (Lipinski definition) is 1. The highest BCUT2D eigenvalue weighted by Crippen LogP contribution is 2.29. The third kappa shape index (κ3) is 7.59. The van der Waals surface area contributed by atoms with Gasteiger partial charge in [-0.1, -0.05) is 78.3 Å². The third-order valence-corrected chi connectivity index (χ3v) is 10.2. The molecule has 3 aromatic carbocycles. The molecular formula is C31H34Cl3N3O4S. The van der Waals surface area contributed by atoms with Crippen molar-refractivity contribution in [3.05, 3.63) is 92.9 Å². The molecule has 0 heterocycles. The molecule has 1 atom stereocenters. The normalized spacial score (nSPS) is 14.4. The zero-order valence-corrected chi connectivity index (χ0v) is 26.6. The van der Waals surface area contributed by atoms with Gasteiger partial charge in [0.25, 0.3) is 10.0 Å². The molecule has 0 radical (unpaired) electrons. The van der Waals surface area contributed by atoms with Crippen LogP contribution in [0.1, 0.15) is 50.2 Å². The lowest BCUT2D eigenvalue weighted by molar-refractivity contribution is -0.140. The highest BCUT2D eigenvalue weighted by molar-refractivity contribution is 7.92. The maximum Gasteiger partial charge on any atom is 0.264 e. The zero-order valence-electron chi connectivity index (χ0n) is 23.5. The van der Waals surface area contributed by atoms with E-state index in [-0.39, 0.29) is 29.1 Å². The van der Waals surface area contributed by atoms with Crippen molar-refractivity contribution in [2.45, 2.75) is 69.5 Å². The van der Waals surface area contributed by atoms with Crippen LogP contribution in [0.2, 0.25) is 15.1 Å². The van der Waals surface area contributed by atoms with Gasteiger partial charge in [0, 0.05) is 33.2 Å². The molecule has 0 aromatic heterocycles. The quantitative estimate of drug-likeness (QED) is 0.242. The van der Waals surface area contributed by atoms with Crippen LogP contribution in [0.4, 0.5) is 5.69 Å². The van der Waals surface area contributed by atoms with Gasteiger partial charge in [-0.25, -0.2) is 8.42 Å². The standard InChI is InChI=1S/C31H34Cl3N3O4S/c1-3-29(31(39)35-23-7-4-5-8-23)36(19-26-27(33)9-6-10-28(26)34)30(38)20-37(24-15-13-22(32)14-16-24)42(40,41)25-17-11-21(2)12-18-25/h6,9-18,23,29H,3-5,7-8,19-20H2,1-2H3,(H,35,39)/t29-/m0/s1. The van der Waals surface area contributed by atoms with Gasteiger partial charge in [0.15, 0.2) is 0 Å². The van der Waals surface area contributed by atoms with Crippen LogP contribution < -0.4 is 9.62 Å². The SMILES string of the molecule is CC[C@@H](C(=O)NC1CCCC1)N(Cc1c(Cl)cccc1Cl)C(=O)CN(c1ccc(Cl)cc1)S(=O)(=O)c1ccc(C)cc1. The second kappa shape index (κ2) is 14.1. The van der Waals surface area contributed by atoms with Crippen molar-refractivity contribution in [3.63, 3.8) is 0 Å². The van der Waals surface area contributed by atoms with Gasteiger partial charge in [-0.05, 0) is 74.7 Å². The molecule has 1 N–H and O–H groups in total. The van der Waals surface area contributed by atoms with Gasteiger partial charge in [0.1, 0.15) is 12.6 Å². The Balaban J connectivity index is 1.74. The molecule has 1 fully saturated rings. The molecule has 2 amide bonds. The van der Waals surface area contributed by atoms with E-state index in [1.165, 1.54) is 17.0 Å². The predicted octanol–water partition coefficient (Wildman–Crippen LogP) is 7.02. The van der Waals surface area contributed by atoms with Gasteiger partial charge in [-0.2, -0.15) is 0 Å². The number of nitrogens with one attached hydrogen (secondary N) is 1. The van der Waals surface area contributed by atoms with Gasteiger partial charge in [-0.3, -0.25) is 13.9 Å². The molecule has 0 spiro atoms. The maximum absolute atomic E-state index is 14.2. The number of benzene rings is 3. The molecule has 0 aliphatic heterocycles. The highest BCUT2D eigenvalue weighted by Gasteiger charge is 2.35. The highest BCUT2D eigenvalue weighted by atomic mass is 35.5. The summed E-state index contributed by atoms with van der Waals surface area (Å²) in [6.45, 7) is 3.03. The number of amides is 2. The monoisotopic (exact) mass is 649 g/mol. The van der Waals surface area contributed by atoms with E-state index in [1.807, 2.05) is 13.8 Å². The Kier molecular flexibility index (Phi) is 10.8. The first-order valence-corrected chi connectivity index (χ1v) is 16.5. The first-order valence-electron chi connectivity index (χ1n) is 13.9. The Hall–Kier alpha value is -2.78. The molecule has 7 nitrogen and oxygen atoms in total. The van der Waals surface area contributed by atoms with Crippen molar-refractivity contribution in [1.29, 1.82) is 0 Å². The van der Waals surface area contributed by atoms with Crippen molar-refractivity contribution >= 4 is 62.3 Å². The van der Waals surface area contributed by atoms with E-state index in [4.69, 9.17) is 34.8 Å². The molecule has 1 aliphatic rings. The average molecular weight is 651 g/mol. The molecule has 224 valence electrons. The summed E-state index contributed by atoms with van der Waals surface area (Å²) in [4.78, 5) is 29.2. The molecular weight excluding hydrogens is 617 g/mol. The first-order chi connectivity index (χ1) is 20.0. The molecule has 4 rings (SSSR count). The van der Waals surface area contributed by atoms with Crippen molar-refractivity contribution < 1.29 is 18.0 Å². The number of rotatable bonds is 11. The summed E-state index contributed by atoms with van der Waals surface area (Å²) in [7, 11) is -4.18. The topological polar surface area (TPSA) is 86.8 Å². The van der Waals surface area contributed by atoms with Gasteiger partial charge in [0.2, 0.25) is 11.8 Å². The Labute approximate surface area is 262 Å². The molecule has 0 saturated heterocycles. The molecule has 1 saturated carbocycles. The minimum absolute atomic E-state index is 0.0302. The summed E-state index contributed by atoms with van der Waals surface area (Å²) in [6.07, 6.45) is 4.13. The van der Waals surface area contributed by atoms with Crippen molar-refractivity contribution in [1.82, 2.24) is 10.2 Å². The Morgan fingerprint density at radius 1 is 0.929 bits per heavy atom. The summed E-state index contributed by atoms with van der Waals surface area (Å²) in [5.74, 6) is -0.870. The van der Waals surface area contributed by atoms with Crippen LogP contribution in [-0.4, -0.2) is 43.8 Å². The fraction of sp³-hybridized carbons (Fsp3) is 0.355. The molecule has 0 unspecified atom stereocenters. The summed E-state index contributed by atoms with van der Waals surface area (Å²) in [5, 5.41) is 4.19. The van der Waals surface area contributed by atoms with Gasteiger partial charge >= 0.3 is 0 Å². The number of carbonyl (C=O) groups is 2. The first kappa shape index (κ1) is 32.1. The number of sulfonamides is 1. The molecule has 1 aliphatic carbocycles. The number of halogens is 3. The second-order valence-electron chi connectivity index (χ2n) is 10.4. The van der Waals surface area contributed by atoms with E-state index in [0.717, 1.165) is 35.6 Å². The van der Waals surface area contributed by atoms with Gasteiger partial charge < -0.3 is 10.2 Å². The summed E-state index contributed by atoms with van der Waals surface area (Å²) < 4.78 is 29.0. The Morgan fingerprint density at radius 2 is 1.52 bits per heavy atom. The largest absolute Gasteiger partial charge is 0.352 e. The molecule has 42 heavy (non-hydrogen) atoms. The summed E-state index contributed by atoms with van der Waals surface area (Å²) >= 11 is 19.1. The van der Waals surface area contributed by atoms with Crippen LogP contribution >= 0.6 is 34.8 Å². The fourth-order valence-corrected chi connectivity index (χ4v) is 7.17. The van der Waals surface area contributed by atoms with Crippen molar-refractivity contribution in [2.24, 2.45) is 0 Å². The molecule has 3 aromatic rings. The predicted molar refractivity (Wildman–Crippen MR) is 169 cm³/mol. The number of anilines is 1. The van der Waals surface area contributed by atoms with Crippen LogP contribution in [0.5, 0.6) is 0 Å². The van der Waals surface area contributed by atoms with Crippen LogP contribution in [0.15, 0.2) is 71.6 Å². The van der Waals surface area contributed by atoms with Crippen LogP contribution in [0.25, 0.3) is 0 Å². The van der Waals surface area contributed by atoms with Crippen LogP contribution in [0, 0.1) is 6.92 Å². The van der Waals surface area contributed by atoms with E-state index in [1.54, 1.807) is 54.6 Å². The fourth-order valence-electron chi connectivity index (χ4n) is 5.11. The number of hydrogen-bond acceptors (Lipinski definition) is 4. The maximum atomic E-state index is 14.2. The van der Waals surface area contributed by atoms with E-state index in [9.17, 15) is 18.0 Å². The van der Waals surface area contributed by atoms with Crippen LogP contribution in [0.3, 0.4) is 0 Å². The van der Waals surface area contributed by atoms with Gasteiger partial charge in [0.05, 0.1) is 10.6 Å². The van der Waals surface area contributed by atoms with Crippen LogP contribution in [-0.2, 0) is 26.2 Å². The molecule has 0 bridgehead atoms. The minimum atomic E-state index is -4.18. The number of carbonyl (C=O) groups excluding carboxylic acids is 2. The minimum Gasteiger partial charge on any atom is -0.352 e.